The van der Waals surface area contributed by atoms with Crippen molar-refractivity contribution in [2.24, 2.45) is 17.3 Å². The smallest absolute Gasteiger partial charge is 0.307 e. The maximum Gasteiger partial charge on any atom is 0.307 e. The van der Waals surface area contributed by atoms with E-state index in [-0.39, 0.29) is 17.7 Å². The molecule has 1 saturated carbocycles. The van der Waals surface area contributed by atoms with E-state index in [9.17, 15) is 14.7 Å². The van der Waals surface area contributed by atoms with Gasteiger partial charge in [0.05, 0.1) is 17.9 Å². The normalized spacial score (nSPS) is 24.8. The van der Waals surface area contributed by atoms with Crippen LogP contribution in [0.25, 0.3) is 0 Å². The van der Waals surface area contributed by atoms with E-state index in [1.54, 1.807) is 45.0 Å². The lowest BCUT2D eigenvalue weighted by Crippen LogP contribution is -2.29. The zero-order valence-electron chi connectivity index (χ0n) is 11.8. The third kappa shape index (κ3) is 2.48. The molecular weight excluding hydrogens is 258 g/mol. The van der Waals surface area contributed by atoms with Crippen molar-refractivity contribution in [3.63, 3.8) is 0 Å². The number of carbonyl (C=O) groups excluding carboxylic acids is 1. The van der Waals surface area contributed by atoms with Gasteiger partial charge in [0.1, 0.15) is 5.75 Å². The Bertz CT molecular complexity index is 553. The average Bonchev–Trinajstić information content (AvgIpc) is 2.92. The number of carboxylic acid groups (broad SMARTS) is 1. The lowest BCUT2D eigenvalue weighted by molar-refractivity contribution is -0.140. The Hall–Kier alpha value is -2.04. The second-order valence-corrected chi connectivity index (χ2v) is 5.94. The number of hydrogen-bond acceptors (Lipinski definition) is 3. The van der Waals surface area contributed by atoms with Crippen LogP contribution in [-0.2, 0) is 9.59 Å². The summed E-state index contributed by atoms with van der Waals surface area (Å²) in [6.45, 7) is 5.38. The van der Waals surface area contributed by atoms with Crippen molar-refractivity contribution in [2.45, 2.75) is 26.8 Å². The Balaban J connectivity index is 2.04. The van der Waals surface area contributed by atoms with Crippen molar-refractivity contribution in [1.82, 2.24) is 5.32 Å². The highest BCUT2D eigenvalue weighted by Gasteiger charge is 2.65. The first-order valence-electron chi connectivity index (χ1n) is 6.57. The minimum absolute atomic E-state index is 0.138. The van der Waals surface area contributed by atoms with Gasteiger partial charge in [-0.25, -0.2) is 0 Å². The molecule has 0 aliphatic heterocycles. The Morgan fingerprint density at radius 1 is 1.30 bits per heavy atom. The van der Waals surface area contributed by atoms with E-state index in [4.69, 9.17) is 5.11 Å². The van der Waals surface area contributed by atoms with Gasteiger partial charge in [-0.1, -0.05) is 26.0 Å². The average molecular weight is 277 g/mol. The van der Waals surface area contributed by atoms with E-state index in [0.717, 1.165) is 5.56 Å². The topological polar surface area (TPSA) is 86.6 Å². The molecule has 3 N–H and O–H groups in total. The van der Waals surface area contributed by atoms with Crippen LogP contribution in [0, 0.1) is 17.3 Å². The first kappa shape index (κ1) is 14.4. The number of carboxylic acids is 1. The summed E-state index contributed by atoms with van der Waals surface area (Å²) in [6, 6.07) is 6.37. The van der Waals surface area contributed by atoms with Gasteiger partial charge in [-0.3, -0.25) is 9.59 Å². The fraction of sp³-hybridized carbons (Fsp3) is 0.467. The summed E-state index contributed by atoms with van der Waals surface area (Å²) in [5.41, 5.74) is 0.276. The van der Waals surface area contributed by atoms with Gasteiger partial charge >= 0.3 is 5.97 Å². The van der Waals surface area contributed by atoms with Gasteiger partial charge in [-0.15, -0.1) is 0 Å². The Labute approximate surface area is 117 Å². The van der Waals surface area contributed by atoms with Crippen molar-refractivity contribution in [1.29, 1.82) is 0 Å². The molecule has 0 radical (unpaired) electrons. The largest absolute Gasteiger partial charge is 0.508 e. The van der Waals surface area contributed by atoms with Gasteiger partial charge in [-0.2, -0.15) is 0 Å². The highest BCUT2D eigenvalue weighted by atomic mass is 16.4. The molecule has 1 aliphatic rings. The molecule has 2 rings (SSSR count). The van der Waals surface area contributed by atoms with Gasteiger partial charge in [0, 0.05) is 0 Å². The molecule has 1 aromatic carbocycles. The van der Waals surface area contributed by atoms with Crippen molar-refractivity contribution in [2.75, 3.05) is 0 Å². The first-order valence-corrected chi connectivity index (χ1v) is 6.57. The standard InChI is InChI=1S/C15H19NO4/c1-8(9-5-4-6-10(17)7-9)16-13(18)11-12(14(19)20)15(11,2)3/h4-8,11-12,17H,1-3H3,(H,16,18)(H,19,20)/t8?,11-,12+/m1/s1. The minimum Gasteiger partial charge on any atom is -0.508 e. The van der Waals surface area contributed by atoms with Crippen molar-refractivity contribution in [3.8, 4) is 5.75 Å². The Kier molecular flexibility index (Phi) is 3.46. The van der Waals surface area contributed by atoms with Crippen LogP contribution in [-0.4, -0.2) is 22.1 Å². The third-order valence-electron chi connectivity index (χ3n) is 4.10. The van der Waals surface area contributed by atoms with E-state index in [0.29, 0.717) is 0 Å². The van der Waals surface area contributed by atoms with Crippen molar-refractivity contribution < 1.29 is 19.8 Å². The van der Waals surface area contributed by atoms with Crippen molar-refractivity contribution >= 4 is 11.9 Å². The maximum atomic E-state index is 12.2. The van der Waals surface area contributed by atoms with E-state index in [2.05, 4.69) is 5.32 Å². The predicted molar refractivity (Wildman–Crippen MR) is 73.1 cm³/mol. The highest BCUT2D eigenvalue weighted by Crippen LogP contribution is 2.58. The monoisotopic (exact) mass is 277 g/mol. The SMILES string of the molecule is CC(NC(=O)[C@H]1[C@@H](C(=O)O)C1(C)C)c1cccc(O)c1. The van der Waals surface area contributed by atoms with Crippen LogP contribution in [0.3, 0.4) is 0 Å². The number of hydrogen-bond donors (Lipinski definition) is 3. The van der Waals surface area contributed by atoms with Crippen LogP contribution in [0.15, 0.2) is 24.3 Å². The van der Waals surface area contributed by atoms with Gasteiger partial charge < -0.3 is 15.5 Å². The predicted octanol–water partition coefficient (Wildman–Crippen LogP) is 1.93. The summed E-state index contributed by atoms with van der Waals surface area (Å²) in [5, 5.41) is 21.3. The lowest BCUT2D eigenvalue weighted by Gasteiger charge is -2.15. The number of phenols is 1. The summed E-state index contributed by atoms with van der Waals surface area (Å²) >= 11 is 0. The molecule has 1 aliphatic carbocycles. The molecule has 20 heavy (non-hydrogen) atoms. The Morgan fingerprint density at radius 2 is 1.95 bits per heavy atom. The number of nitrogens with one attached hydrogen (secondary N) is 1. The highest BCUT2D eigenvalue weighted by molar-refractivity contribution is 5.91. The lowest BCUT2D eigenvalue weighted by atomic mass is 10.1. The quantitative estimate of drug-likeness (QED) is 0.784. The fourth-order valence-corrected chi connectivity index (χ4v) is 2.77. The number of amides is 1. The first-order chi connectivity index (χ1) is 9.25. The van der Waals surface area contributed by atoms with Gasteiger partial charge in [-0.05, 0) is 30.0 Å². The summed E-state index contributed by atoms with van der Waals surface area (Å²) in [5.74, 6) is -2.17. The zero-order valence-corrected chi connectivity index (χ0v) is 11.8. The molecule has 0 bridgehead atoms. The summed E-state index contributed by atoms with van der Waals surface area (Å²) in [4.78, 5) is 23.2. The number of rotatable bonds is 4. The van der Waals surface area contributed by atoms with E-state index in [1.807, 2.05) is 0 Å². The fourth-order valence-electron chi connectivity index (χ4n) is 2.77. The molecule has 3 atom stereocenters. The number of benzene rings is 1. The Morgan fingerprint density at radius 3 is 2.45 bits per heavy atom. The summed E-state index contributed by atoms with van der Waals surface area (Å²) < 4.78 is 0. The second-order valence-electron chi connectivity index (χ2n) is 5.94. The van der Waals surface area contributed by atoms with E-state index < -0.39 is 23.2 Å². The van der Waals surface area contributed by atoms with Crippen LogP contribution in [0.1, 0.15) is 32.4 Å². The van der Waals surface area contributed by atoms with Crippen molar-refractivity contribution in [3.05, 3.63) is 29.8 Å². The molecule has 0 saturated heterocycles. The molecule has 1 unspecified atom stereocenters. The van der Waals surface area contributed by atoms with Crippen LogP contribution in [0.4, 0.5) is 0 Å². The molecule has 5 heteroatoms. The van der Waals surface area contributed by atoms with Crippen LogP contribution in [0.2, 0.25) is 0 Å². The van der Waals surface area contributed by atoms with Gasteiger partial charge in [0.2, 0.25) is 5.91 Å². The van der Waals surface area contributed by atoms with Gasteiger partial charge in [0.25, 0.3) is 0 Å². The number of phenolic OH excluding ortho intramolecular Hbond substituents is 1. The number of aliphatic carboxylic acids is 1. The second kappa shape index (κ2) is 4.81. The number of carbonyl (C=O) groups is 2. The molecule has 108 valence electrons. The summed E-state index contributed by atoms with van der Waals surface area (Å²) in [6.07, 6.45) is 0. The molecular formula is C15H19NO4. The molecule has 0 aromatic heterocycles. The van der Waals surface area contributed by atoms with E-state index >= 15 is 0 Å². The molecule has 5 nitrogen and oxygen atoms in total. The molecule has 1 aromatic rings. The van der Waals surface area contributed by atoms with Gasteiger partial charge in [0.15, 0.2) is 0 Å². The zero-order chi connectivity index (χ0) is 15.1. The molecule has 1 amide bonds. The number of aromatic hydroxyl groups is 1. The minimum atomic E-state index is -0.930. The van der Waals surface area contributed by atoms with Crippen LogP contribution < -0.4 is 5.32 Å². The molecule has 0 spiro atoms. The van der Waals surface area contributed by atoms with Crippen LogP contribution >= 0.6 is 0 Å². The van der Waals surface area contributed by atoms with Crippen LogP contribution in [0.5, 0.6) is 5.75 Å². The maximum absolute atomic E-state index is 12.2. The summed E-state index contributed by atoms with van der Waals surface area (Å²) in [7, 11) is 0. The van der Waals surface area contributed by atoms with E-state index in [1.165, 1.54) is 0 Å². The molecule has 0 heterocycles. The molecule has 1 fully saturated rings. The third-order valence-corrected chi connectivity index (χ3v) is 4.10.